The van der Waals surface area contributed by atoms with Crippen LogP contribution in [-0.4, -0.2) is 23.0 Å². The first-order valence-corrected chi connectivity index (χ1v) is 10.3. The van der Waals surface area contributed by atoms with Crippen molar-refractivity contribution in [1.29, 1.82) is 0 Å². The number of carbonyl (C=O) groups excluding carboxylic acids is 2. The maximum Gasteiger partial charge on any atom is 0.251 e. The summed E-state index contributed by atoms with van der Waals surface area (Å²) < 4.78 is 0. The second kappa shape index (κ2) is 10.5. The highest BCUT2D eigenvalue weighted by Gasteiger charge is 2.16. The third-order valence-electron chi connectivity index (χ3n) is 4.79. The van der Waals surface area contributed by atoms with E-state index in [4.69, 9.17) is 12.2 Å². The standard InChI is InChI=1S/C23H25N3O2S/c27-21(15-14-17-8-3-1-4-9-17)26-23(29)25-20-13-7-10-18(16-20)22(28)24-19-11-5-2-6-12-19/h1,3-4,7-10,13-16,19H,2,5-6,11-12H2,(H,24,28)(H2,25,26,27,29)/b15-14+. The molecule has 2 aromatic rings. The topological polar surface area (TPSA) is 70.2 Å². The molecule has 1 aliphatic rings. The molecule has 0 atom stereocenters. The quantitative estimate of drug-likeness (QED) is 0.511. The fourth-order valence-electron chi connectivity index (χ4n) is 3.31. The van der Waals surface area contributed by atoms with Gasteiger partial charge in [-0.1, -0.05) is 55.7 Å². The van der Waals surface area contributed by atoms with Crippen molar-refractivity contribution in [2.24, 2.45) is 0 Å². The van der Waals surface area contributed by atoms with Gasteiger partial charge in [0, 0.05) is 23.4 Å². The Kier molecular flexibility index (Phi) is 7.53. The molecule has 29 heavy (non-hydrogen) atoms. The van der Waals surface area contributed by atoms with Gasteiger partial charge in [0.2, 0.25) is 5.91 Å². The summed E-state index contributed by atoms with van der Waals surface area (Å²) in [6, 6.07) is 16.9. The molecule has 3 N–H and O–H groups in total. The lowest BCUT2D eigenvalue weighted by molar-refractivity contribution is -0.115. The molecule has 0 aliphatic heterocycles. The molecule has 1 fully saturated rings. The van der Waals surface area contributed by atoms with Gasteiger partial charge in [-0.25, -0.2) is 0 Å². The Morgan fingerprint density at radius 3 is 2.48 bits per heavy atom. The van der Waals surface area contributed by atoms with Crippen LogP contribution in [0.15, 0.2) is 60.7 Å². The van der Waals surface area contributed by atoms with Gasteiger partial charge in [0.05, 0.1) is 0 Å². The van der Waals surface area contributed by atoms with E-state index in [1.807, 2.05) is 30.3 Å². The number of nitrogens with one attached hydrogen (secondary N) is 3. The predicted molar refractivity (Wildman–Crippen MR) is 121 cm³/mol. The van der Waals surface area contributed by atoms with Gasteiger partial charge in [-0.3, -0.25) is 14.9 Å². The molecule has 150 valence electrons. The highest BCUT2D eigenvalue weighted by Crippen LogP contribution is 2.18. The van der Waals surface area contributed by atoms with Crippen LogP contribution in [0.2, 0.25) is 0 Å². The van der Waals surface area contributed by atoms with E-state index < -0.39 is 0 Å². The summed E-state index contributed by atoms with van der Waals surface area (Å²) in [5.74, 6) is -0.404. The van der Waals surface area contributed by atoms with E-state index in [0.29, 0.717) is 11.3 Å². The summed E-state index contributed by atoms with van der Waals surface area (Å²) in [4.78, 5) is 24.5. The monoisotopic (exact) mass is 407 g/mol. The Hall–Kier alpha value is -2.99. The second-order valence-electron chi connectivity index (χ2n) is 7.08. The van der Waals surface area contributed by atoms with E-state index in [0.717, 1.165) is 18.4 Å². The van der Waals surface area contributed by atoms with Crippen LogP contribution in [0.1, 0.15) is 48.0 Å². The third-order valence-corrected chi connectivity index (χ3v) is 4.99. The summed E-state index contributed by atoms with van der Waals surface area (Å²) in [6.07, 6.45) is 8.80. The van der Waals surface area contributed by atoms with Crippen molar-refractivity contribution < 1.29 is 9.59 Å². The molecular weight excluding hydrogens is 382 g/mol. The zero-order valence-corrected chi connectivity index (χ0v) is 17.0. The Bertz CT molecular complexity index is 890. The fraction of sp³-hybridized carbons (Fsp3) is 0.261. The molecule has 0 heterocycles. The Labute approximate surface area is 176 Å². The molecule has 2 aromatic carbocycles. The lowest BCUT2D eigenvalue weighted by Gasteiger charge is -2.22. The van der Waals surface area contributed by atoms with Gasteiger partial charge < -0.3 is 10.6 Å². The minimum absolute atomic E-state index is 0.0821. The molecule has 1 saturated carbocycles. The summed E-state index contributed by atoms with van der Waals surface area (Å²) in [7, 11) is 0. The van der Waals surface area contributed by atoms with Crippen molar-refractivity contribution in [3.8, 4) is 0 Å². The zero-order valence-electron chi connectivity index (χ0n) is 16.2. The van der Waals surface area contributed by atoms with Gasteiger partial charge in [0.1, 0.15) is 0 Å². The highest BCUT2D eigenvalue weighted by atomic mass is 32.1. The van der Waals surface area contributed by atoms with Crippen LogP contribution in [0.25, 0.3) is 6.08 Å². The first-order valence-electron chi connectivity index (χ1n) is 9.86. The van der Waals surface area contributed by atoms with Crippen molar-refractivity contribution in [3.05, 3.63) is 71.8 Å². The van der Waals surface area contributed by atoms with Crippen molar-refractivity contribution in [1.82, 2.24) is 10.6 Å². The van der Waals surface area contributed by atoms with Crippen molar-refractivity contribution in [3.63, 3.8) is 0 Å². The van der Waals surface area contributed by atoms with Gasteiger partial charge in [0.25, 0.3) is 5.91 Å². The molecule has 0 bridgehead atoms. The lowest BCUT2D eigenvalue weighted by atomic mass is 9.95. The van der Waals surface area contributed by atoms with Crippen molar-refractivity contribution in [2.45, 2.75) is 38.1 Å². The van der Waals surface area contributed by atoms with E-state index in [9.17, 15) is 9.59 Å². The Morgan fingerprint density at radius 1 is 0.966 bits per heavy atom. The summed E-state index contributed by atoms with van der Waals surface area (Å²) >= 11 is 5.21. The maximum absolute atomic E-state index is 12.5. The van der Waals surface area contributed by atoms with Gasteiger partial charge in [-0.2, -0.15) is 0 Å². The van der Waals surface area contributed by atoms with E-state index >= 15 is 0 Å². The first kappa shape index (κ1) is 20.7. The van der Waals surface area contributed by atoms with Crippen LogP contribution in [0.5, 0.6) is 0 Å². The first-order chi connectivity index (χ1) is 14.1. The highest BCUT2D eigenvalue weighted by molar-refractivity contribution is 7.80. The predicted octanol–water partition coefficient (Wildman–Crippen LogP) is 4.28. The molecule has 1 aliphatic carbocycles. The number of hydrogen-bond donors (Lipinski definition) is 3. The Balaban J connectivity index is 1.52. The van der Waals surface area contributed by atoms with E-state index in [-0.39, 0.29) is 23.0 Å². The summed E-state index contributed by atoms with van der Waals surface area (Å²) in [5, 5.41) is 8.84. The second-order valence-corrected chi connectivity index (χ2v) is 7.48. The van der Waals surface area contributed by atoms with E-state index in [1.165, 1.54) is 25.3 Å². The zero-order chi connectivity index (χ0) is 20.5. The van der Waals surface area contributed by atoms with Crippen LogP contribution in [0.3, 0.4) is 0 Å². The normalized spacial score (nSPS) is 14.3. The molecule has 5 nitrogen and oxygen atoms in total. The SMILES string of the molecule is O=C(/C=C/c1ccccc1)NC(=S)Nc1cccc(C(=O)NC2CCCCC2)c1. The summed E-state index contributed by atoms with van der Waals surface area (Å²) in [6.45, 7) is 0. The molecule has 0 radical (unpaired) electrons. The third kappa shape index (κ3) is 6.84. The molecule has 0 unspecified atom stereocenters. The molecule has 3 rings (SSSR count). The minimum atomic E-state index is -0.322. The number of rotatable bonds is 5. The molecule has 0 aromatic heterocycles. The molecule has 6 heteroatoms. The van der Waals surface area contributed by atoms with Crippen LogP contribution in [-0.2, 0) is 4.79 Å². The fourth-order valence-corrected chi connectivity index (χ4v) is 3.52. The van der Waals surface area contributed by atoms with E-state index in [2.05, 4.69) is 16.0 Å². The minimum Gasteiger partial charge on any atom is -0.349 e. The number of amides is 2. The number of anilines is 1. The van der Waals surface area contributed by atoms with Crippen LogP contribution < -0.4 is 16.0 Å². The number of carbonyl (C=O) groups is 2. The average Bonchev–Trinajstić information content (AvgIpc) is 2.74. The summed E-state index contributed by atoms with van der Waals surface area (Å²) in [5.41, 5.74) is 2.15. The molecule has 0 saturated heterocycles. The van der Waals surface area contributed by atoms with Crippen molar-refractivity contribution in [2.75, 3.05) is 5.32 Å². The van der Waals surface area contributed by atoms with Crippen LogP contribution in [0.4, 0.5) is 5.69 Å². The van der Waals surface area contributed by atoms with Crippen LogP contribution in [0, 0.1) is 0 Å². The van der Waals surface area contributed by atoms with Gasteiger partial charge in [-0.15, -0.1) is 0 Å². The van der Waals surface area contributed by atoms with Gasteiger partial charge in [0.15, 0.2) is 5.11 Å². The maximum atomic E-state index is 12.5. The van der Waals surface area contributed by atoms with Crippen molar-refractivity contribution >= 4 is 40.9 Å². The molecule has 2 amide bonds. The van der Waals surface area contributed by atoms with Gasteiger partial charge >= 0.3 is 0 Å². The Morgan fingerprint density at radius 2 is 1.72 bits per heavy atom. The molecule has 0 spiro atoms. The lowest BCUT2D eigenvalue weighted by Crippen LogP contribution is -2.36. The number of hydrogen-bond acceptors (Lipinski definition) is 3. The number of thiocarbonyl (C=S) groups is 1. The molecular formula is C23H25N3O2S. The number of benzene rings is 2. The largest absolute Gasteiger partial charge is 0.349 e. The van der Waals surface area contributed by atoms with Gasteiger partial charge in [-0.05, 0) is 54.9 Å². The van der Waals surface area contributed by atoms with E-state index in [1.54, 1.807) is 30.3 Å². The average molecular weight is 408 g/mol. The smallest absolute Gasteiger partial charge is 0.251 e. The van der Waals surface area contributed by atoms with Crippen LogP contribution >= 0.6 is 12.2 Å².